The molecule has 3 aromatic rings. The molecular formula is C22H22Cl2N4OS. The molecule has 0 radical (unpaired) electrons. The molecule has 0 saturated carbocycles. The van der Waals surface area contributed by atoms with Crippen LogP contribution in [-0.2, 0) is 4.79 Å². The minimum atomic E-state index is -0.210. The summed E-state index contributed by atoms with van der Waals surface area (Å²) in [5.41, 5.74) is 2.51. The van der Waals surface area contributed by atoms with Gasteiger partial charge in [-0.1, -0.05) is 40.6 Å². The number of benzene rings is 2. The van der Waals surface area contributed by atoms with Crippen molar-refractivity contribution in [3.63, 3.8) is 0 Å². The molecule has 1 aromatic heterocycles. The van der Waals surface area contributed by atoms with Gasteiger partial charge in [-0.25, -0.2) is 4.98 Å². The topological polar surface area (TPSA) is 48.5 Å². The zero-order valence-electron chi connectivity index (χ0n) is 16.7. The number of aromatic nitrogens is 1. The van der Waals surface area contributed by atoms with Crippen LogP contribution in [0.2, 0.25) is 10.0 Å². The van der Waals surface area contributed by atoms with Gasteiger partial charge in [-0.15, -0.1) is 0 Å². The normalized spacial score (nSPS) is 16.8. The van der Waals surface area contributed by atoms with E-state index < -0.39 is 0 Å². The van der Waals surface area contributed by atoms with E-state index >= 15 is 0 Å². The highest BCUT2D eigenvalue weighted by atomic mass is 35.5. The lowest BCUT2D eigenvalue weighted by atomic mass is 10.2. The molecule has 0 bridgehead atoms. The van der Waals surface area contributed by atoms with Crippen molar-refractivity contribution in [1.82, 2.24) is 9.88 Å². The maximum absolute atomic E-state index is 12.3. The number of carbonyl (C=O) groups is 1. The van der Waals surface area contributed by atoms with E-state index in [1.165, 1.54) is 6.08 Å². The number of halogens is 2. The summed E-state index contributed by atoms with van der Waals surface area (Å²) < 4.78 is 1.06. The van der Waals surface area contributed by atoms with Gasteiger partial charge in [0.25, 0.3) is 0 Å². The van der Waals surface area contributed by atoms with Gasteiger partial charge in [0, 0.05) is 30.9 Å². The summed E-state index contributed by atoms with van der Waals surface area (Å²) in [7, 11) is 4.24. The van der Waals surface area contributed by atoms with Gasteiger partial charge in [0.2, 0.25) is 5.91 Å². The lowest BCUT2D eigenvalue weighted by Crippen LogP contribution is -2.31. The highest BCUT2D eigenvalue weighted by Crippen LogP contribution is 2.33. The van der Waals surface area contributed by atoms with Crippen molar-refractivity contribution in [3.8, 4) is 0 Å². The number of nitrogens with one attached hydrogen (secondary N) is 1. The standard InChI is InChI=1S/C22H22Cl2N4OS/c1-27(2)16-9-10-28(13-16)22-26-19-7-5-15(12-20(19)30-22)25-21(29)8-4-14-3-6-17(23)18(24)11-14/h3-8,11-12,16H,9-10,13H2,1-2H3,(H,25,29)/t16-/m1/s1. The van der Waals surface area contributed by atoms with Gasteiger partial charge in [0.05, 0.1) is 20.3 Å². The molecule has 2 aromatic carbocycles. The molecule has 5 nitrogen and oxygen atoms in total. The molecule has 1 saturated heterocycles. The van der Waals surface area contributed by atoms with Crippen molar-refractivity contribution < 1.29 is 4.79 Å². The van der Waals surface area contributed by atoms with Crippen LogP contribution in [0.4, 0.5) is 10.8 Å². The van der Waals surface area contributed by atoms with Crippen molar-refractivity contribution in [1.29, 1.82) is 0 Å². The van der Waals surface area contributed by atoms with Crippen LogP contribution in [0.3, 0.4) is 0 Å². The van der Waals surface area contributed by atoms with Crippen molar-refractivity contribution in [2.24, 2.45) is 0 Å². The van der Waals surface area contributed by atoms with Crippen LogP contribution in [0, 0.1) is 0 Å². The third-order valence-electron chi connectivity index (χ3n) is 5.18. The van der Waals surface area contributed by atoms with E-state index in [0.29, 0.717) is 16.1 Å². The van der Waals surface area contributed by atoms with E-state index in [1.807, 2.05) is 24.3 Å². The molecule has 1 atom stereocenters. The van der Waals surface area contributed by atoms with Gasteiger partial charge < -0.3 is 15.1 Å². The smallest absolute Gasteiger partial charge is 0.248 e. The molecule has 0 unspecified atom stereocenters. The first kappa shape index (κ1) is 21.1. The van der Waals surface area contributed by atoms with E-state index in [0.717, 1.165) is 46.1 Å². The zero-order valence-corrected chi connectivity index (χ0v) is 19.1. The second kappa shape index (κ2) is 8.94. The average molecular weight is 461 g/mol. The minimum absolute atomic E-state index is 0.210. The molecule has 1 aliphatic heterocycles. The fourth-order valence-corrected chi connectivity index (χ4v) is 4.78. The lowest BCUT2D eigenvalue weighted by Gasteiger charge is -2.19. The Morgan fingerprint density at radius 1 is 1.23 bits per heavy atom. The van der Waals surface area contributed by atoms with Gasteiger partial charge >= 0.3 is 0 Å². The first-order valence-electron chi connectivity index (χ1n) is 9.65. The van der Waals surface area contributed by atoms with Crippen LogP contribution < -0.4 is 10.2 Å². The van der Waals surface area contributed by atoms with E-state index in [9.17, 15) is 4.79 Å². The molecule has 0 aliphatic carbocycles. The number of hydrogen-bond acceptors (Lipinski definition) is 5. The van der Waals surface area contributed by atoms with Crippen molar-refractivity contribution in [3.05, 3.63) is 58.1 Å². The summed E-state index contributed by atoms with van der Waals surface area (Å²) in [6.07, 6.45) is 4.33. The predicted octanol–water partition coefficient (Wildman–Crippen LogP) is 5.40. The van der Waals surface area contributed by atoms with E-state index in [4.69, 9.17) is 28.2 Å². The highest BCUT2D eigenvalue weighted by molar-refractivity contribution is 7.22. The fourth-order valence-electron chi connectivity index (χ4n) is 3.43. The number of rotatable bonds is 5. The number of carbonyl (C=O) groups excluding carboxylic acids is 1. The van der Waals surface area contributed by atoms with Crippen LogP contribution in [0.15, 0.2) is 42.5 Å². The molecule has 2 heterocycles. The summed E-state index contributed by atoms with van der Waals surface area (Å²) in [6, 6.07) is 11.6. The summed E-state index contributed by atoms with van der Waals surface area (Å²) in [4.78, 5) is 21.7. The molecule has 1 amide bonds. The Kier molecular flexibility index (Phi) is 6.29. The Balaban J connectivity index is 1.44. The van der Waals surface area contributed by atoms with Crippen LogP contribution in [0.1, 0.15) is 12.0 Å². The number of fused-ring (bicyclic) bond motifs is 1. The number of nitrogens with zero attached hydrogens (tertiary/aromatic N) is 3. The molecule has 1 N–H and O–H groups in total. The van der Waals surface area contributed by atoms with E-state index in [2.05, 4.69) is 29.2 Å². The number of likely N-dealkylation sites (N-methyl/N-ethyl adjacent to an activating group) is 1. The first-order chi connectivity index (χ1) is 14.4. The van der Waals surface area contributed by atoms with Gasteiger partial charge in [-0.3, -0.25) is 4.79 Å². The van der Waals surface area contributed by atoms with Crippen molar-refractivity contribution in [2.75, 3.05) is 37.4 Å². The lowest BCUT2D eigenvalue weighted by molar-refractivity contribution is -0.111. The van der Waals surface area contributed by atoms with Crippen molar-refractivity contribution >= 4 is 67.6 Å². The second-order valence-corrected chi connectivity index (χ2v) is 9.35. The Bertz CT molecular complexity index is 1110. The average Bonchev–Trinajstić information content (AvgIpc) is 3.35. The van der Waals surface area contributed by atoms with Crippen LogP contribution >= 0.6 is 34.5 Å². The Morgan fingerprint density at radius 3 is 2.80 bits per heavy atom. The van der Waals surface area contributed by atoms with Crippen LogP contribution in [-0.4, -0.2) is 49.0 Å². The molecule has 156 valence electrons. The third kappa shape index (κ3) is 4.78. The molecule has 0 spiro atoms. The summed E-state index contributed by atoms with van der Waals surface area (Å²) >= 11 is 13.6. The quantitative estimate of drug-likeness (QED) is 0.518. The number of thiazole rings is 1. The van der Waals surface area contributed by atoms with Gasteiger partial charge in [-0.2, -0.15) is 0 Å². The first-order valence-corrected chi connectivity index (χ1v) is 11.2. The molecule has 30 heavy (non-hydrogen) atoms. The third-order valence-corrected chi connectivity index (χ3v) is 7.00. The van der Waals surface area contributed by atoms with E-state index in [1.54, 1.807) is 29.5 Å². The summed E-state index contributed by atoms with van der Waals surface area (Å²) in [6.45, 7) is 2.02. The number of anilines is 2. The second-order valence-electron chi connectivity index (χ2n) is 7.53. The molecular weight excluding hydrogens is 439 g/mol. The molecule has 1 aliphatic rings. The molecule has 4 rings (SSSR count). The summed E-state index contributed by atoms with van der Waals surface area (Å²) in [5.74, 6) is -0.210. The van der Waals surface area contributed by atoms with Crippen molar-refractivity contribution in [2.45, 2.75) is 12.5 Å². The molecule has 1 fully saturated rings. The van der Waals surface area contributed by atoms with Crippen LogP contribution in [0.25, 0.3) is 16.3 Å². The highest BCUT2D eigenvalue weighted by Gasteiger charge is 2.26. The maximum atomic E-state index is 12.3. The minimum Gasteiger partial charge on any atom is -0.346 e. The van der Waals surface area contributed by atoms with E-state index in [-0.39, 0.29) is 5.91 Å². The van der Waals surface area contributed by atoms with Gasteiger partial charge in [0.15, 0.2) is 5.13 Å². The monoisotopic (exact) mass is 460 g/mol. The summed E-state index contributed by atoms with van der Waals surface area (Å²) in [5, 5.41) is 4.89. The predicted molar refractivity (Wildman–Crippen MR) is 128 cm³/mol. The number of amides is 1. The number of hydrogen-bond donors (Lipinski definition) is 1. The van der Waals surface area contributed by atoms with Gasteiger partial charge in [0.1, 0.15) is 0 Å². The SMILES string of the molecule is CN(C)[C@@H]1CCN(c2nc3ccc(NC(=O)C=Cc4ccc(Cl)c(Cl)c4)cc3s2)C1. The van der Waals surface area contributed by atoms with Crippen LogP contribution in [0.5, 0.6) is 0 Å². The Hall–Kier alpha value is -2.12. The van der Waals surface area contributed by atoms with Gasteiger partial charge in [-0.05, 0) is 62.5 Å². The molecule has 8 heteroatoms. The fraction of sp³-hybridized carbons (Fsp3) is 0.273. The Labute approximate surface area is 189 Å². The Morgan fingerprint density at radius 2 is 2.07 bits per heavy atom. The maximum Gasteiger partial charge on any atom is 0.248 e. The largest absolute Gasteiger partial charge is 0.346 e. The zero-order chi connectivity index (χ0) is 21.3.